The molecular weight excluding hydrogens is 372 g/mol. The van der Waals surface area contributed by atoms with Crippen LogP contribution in [-0.2, 0) is 12.2 Å². The number of amides is 2. The molecule has 0 saturated heterocycles. The van der Waals surface area contributed by atoms with Crippen molar-refractivity contribution in [3.8, 4) is 5.75 Å². The normalized spacial score (nSPS) is 10.6. The number of carbonyl (C=O) groups is 1. The summed E-state index contributed by atoms with van der Waals surface area (Å²) in [4.78, 5) is 13.7. The summed E-state index contributed by atoms with van der Waals surface area (Å²) in [5, 5.41) is 4.24. The third kappa shape index (κ3) is 5.64. The molecule has 0 saturated carbocycles. The fraction of sp³-hybridized carbons (Fsp3) is 0.381. The quantitative estimate of drug-likeness (QED) is 0.327. The van der Waals surface area contributed by atoms with Gasteiger partial charge in [0.2, 0.25) is 0 Å². The monoisotopic (exact) mass is 402 g/mol. The van der Waals surface area contributed by atoms with Crippen LogP contribution < -0.4 is 21.4 Å². The highest BCUT2D eigenvalue weighted by Crippen LogP contribution is 2.35. The van der Waals surface area contributed by atoms with Crippen molar-refractivity contribution in [1.29, 1.82) is 0 Å². The van der Waals surface area contributed by atoms with Gasteiger partial charge in [-0.05, 0) is 56.5 Å². The number of benzene rings is 2. The smallest absolute Gasteiger partial charge is 0.337 e. The molecule has 0 radical (unpaired) electrons. The van der Waals surface area contributed by atoms with E-state index in [2.05, 4.69) is 42.9 Å². The number of ether oxygens (including phenoxy) is 1. The zero-order valence-electron chi connectivity index (χ0n) is 17.0. The largest absolute Gasteiger partial charge is 0.493 e. The highest BCUT2D eigenvalue weighted by Gasteiger charge is 2.16. The van der Waals surface area contributed by atoms with Gasteiger partial charge in [-0.2, -0.15) is 5.53 Å². The van der Waals surface area contributed by atoms with E-state index >= 15 is 0 Å². The zero-order valence-corrected chi connectivity index (χ0v) is 17.9. The SMILES string of the molecule is CCOc1cccc(NC(=O)N(CC)NN)c1CSc1cc(CC)ccc1C. The number of carbonyl (C=O) groups excluding carboxylic acids is 1. The minimum absolute atomic E-state index is 0.311. The molecule has 0 fully saturated rings. The van der Waals surface area contributed by atoms with E-state index in [1.54, 1.807) is 11.8 Å². The van der Waals surface area contributed by atoms with Crippen molar-refractivity contribution in [1.82, 2.24) is 10.5 Å². The van der Waals surface area contributed by atoms with Crippen molar-refractivity contribution in [3.63, 3.8) is 0 Å². The highest BCUT2D eigenvalue weighted by molar-refractivity contribution is 7.98. The first-order chi connectivity index (χ1) is 13.5. The van der Waals surface area contributed by atoms with E-state index in [0.29, 0.717) is 18.9 Å². The summed E-state index contributed by atoms with van der Waals surface area (Å²) in [7, 11) is 0. The summed E-state index contributed by atoms with van der Waals surface area (Å²) in [6.07, 6.45) is 1.00. The minimum atomic E-state index is -0.311. The third-order valence-electron chi connectivity index (χ3n) is 4.42. The molecule has 0 aromatic heterocycles. The van der Waals surface area contributed by atoms with Gasteiger partial charge in [-0.1, -0.05) is 25.1 Å². The van der Waals surface area contributed by atoms with Crippen molar-refractivity contribution >= 4 is 23.5 Å². The first-order valence-corrected chi connectivity index (χ1v) is 10.5. The van der Waals surface area contributed by atoms with Crippen LogP contribution in [0.4, 0.5) is 10.5 Å². The molecule has 4 N–H and O–H groups in total. The van der Waals surface area contributed by atoms with E-state index in [1.165, 1.54) is 21.0 Å². The standard InChI is InChI=1S/C21H30N4O2S/c1-5-16-12-11-15(4)20(13-16)28-14-17-18(9-8-10-19(17)27-7-3)23-21(26)25(6-2)24-22/h8-13,24H,5-7,14,22H2,1-4H3,(H,23,26). The Morgan fingerprint density at radius 3 is 2.64 bits per heavy atom. The Bertz CT molecular complexity index is 794. The summed E-state index contributed by atoms with van der Waals surface area (Å²) in [5.74, 6) is 6.88. The summed E-state index contributed by atoms with van der Waals surface area (Å²) in [6.45, 7) is 9.07. The average molecular weight is 403 g/mol. The van der Waals surface area contributed by atoms with Crippen LogP contribution in [0.2, 0.25) is 0 Å². The summed E-state index contributed by atoms with van der Waals surface area (Å²) < 4.78 is 5.82. The third-order valence-corrected chi connectivity index (χ3v) is 5.61. The van der Waals surface area contributed by atoms with Crippen LogP contribution in [0.15, 0.2) is 41.3 Å². The molecular formula is C21H30N4O2S. The Morgan fingerprint density at radius 1 is 1.21 bits per heavy atom. The lowest BCUT2D eigenvalue weighted by Gasteiger charge is -2.21. The molecule has 2 rings (SSSR count). The maximum atomic E-state index is 12.4. The van der Waals surface area contributed by atoms with Gasteiger partial charge in [-0.3, -0.25) is 5.84 Å². The molecule has 152 valence electrons. The number of hydrogen-bond donors (Lipinski definition) is 3. The highest BCUT2D eigenvalue weighted by atomic mass is 32.2. The molecule has 0 aliphatic heterocycles. The van der Waals surface area contributed by atoms with Gasteiger partial charge >= 0.3 is 6.03 Å². The second kappa shape index (κ2) is 10.9. The molecule has 6 nitrogen and oxygen atoms in total. The van der Waals surface area contributed by atoms with E-state index in [-0.39, 0.29) is 6.03 Å². The summed E-state index contributed by atoms with van der Waals surface area (Å²) in [6, 6.07) is 11.9. The number of aryl methyl sites for hydroxylation is 2. The Labute approximate surface area is 171 Å². The van der Waals surface area contributed by atoms with Crippen LogP contribution in [0.25, 0.3) is 0 Å². The molecule has 28 heavy (non-hydrogen) atoms. The number of anilines is 1. The van der Waals surface area contributed by atoms with Gasteiger partial charge < -0.3 is 10.1 Å². The summed E-state index contributed by atoms with van der Waals surface area (Å²) in [5.41, 5.74) is 6.63. The molecule has 0 spiro atoms. The van der Waals surface area contributed by atoms with Gasteiger partial charge in [-0.15, -0.1) is 11.8 Å². The number of urea groups is 1. The van der Waals surface area contributed by atoms with Crippen molar-refractivity contribution in [2.75, 3.05) is 18.5 Å². The molecule has 0 unspecified atom stereocenters. The number of thioether (sulfide) groups is 1. The number of nitrogens with two attached hydrogens (primary N) is 1. The fourth-order valence-electron chi connectivity index (χ4n) is 2.77. The maximum absolute atomic E-state index is 12.4. The minimum Gasteiger partial charge on any atom is -0.493 e. The molecule has 2 amide bonds. The lowest BCUT2D eigenvalue weighted by atomic mass is 10.1. The second-order valence-electron chi connectivity index (χ2n) is 6.26. The van der Waals surface area contributed by atoms with Crippen LogP contribution in [0, 0.1) is 6.92 Å². The number of hydrogen-bond acceptors (Lipinski definition) is 5. The Morgan fingerprint density at radius 2 is 2.00 bits per heavy atom. The van der Waals surface area contributed by atoms with Crippen molar-refractivity contribution in [3.05, 3.63) is 53.1 Å². The van der Waals surface area contributed by atoms with Crippen LogP contribution in [0.1, 0.15) is 37.5 Å². The van der Waals surface area contributed by atoms with Gasteiger partial charge in [0.15, 0.2) is 0 Å². The van der Waals surface area contributed by atoms with E-state index < -0.39 is 0 Å². The number of hydrazine groups is 2. The Kier molecular flexibility index (Phi) is 8.63. The molecule has 0 aliphatic rings. The number of nitrogens with zero attached hydrogens (tertiary/aromatic N) is 1. The molecule has 0 heterocycles. The van der Waals surface area contributed by atoms with Crippen LogP contribution in [-0.4, -0.2) is 24.2 Å². The Balaban J connectivity index is 2.29. The summed E-state index contributed by atoms with van der Waals surface area (Å²) >= 11 is 1.75. The van der Waals surface area contributed by atoms with E-state index in [0.717, 1.165) is 23.4 Å². The van der Waals surface area contributed by atoms with Gasteiger partial charge in [0.05, 0.1) is 12.3 Å². The lowest BCUT2D eigenvalue weighted by molar-refractivity contribution is 0.189. The number of nitrogens with one attached hydrogen (secondary N) is 2. The van der Waals surface area contributed by atoms with Crippen LogP contribution >= 0.6 is 11.8 Å². The number of rotatable bonds is 9. The molecule has 0 atom stereocenters. The molecule has 0 bridgehead atoms. The van der Waals surface area contributed by atoms with Gasteiger partial charge in [0, 0.05) is 22.8 Å². The van der Waals surface area contributed by atoms with Crippen molar-refractivity contribution < 1.29 is 9.53 Å². The van der Waals surface area contributed by atoms with Crippen molar-refractivity contribution in [2.24, 2.45) is 5.84 Å². The predicted molar refractivity (Wildman–Crippen MR) is 116 cm³/mol. The first kappa shape index (κ1) is 22.1. The molecule has 2 aromatic rings. The second-order valence-corrected chi connectivity index (χ2v) is 7.28. The van der Waals surface area contributed by atoms with Crippen molar-refractivity contribution in [2.45, 2.75) is 44.8 Å². The van der Waals surface area contributed by atoms with Gasteiger partial charge in [-0.25, -0.2) is 9.80 Å². The molecule has 0 aliphatic carbocycles. The van der Waals surface area contributed by atoms with E-state index in [9.17, 15) is 4.79 Å². The van der Waals surface area contributed by atoms with Crippen LogP contribution in [0.3, 0.4) is 0 Å². The molecule has 7 heteroatoms. The van der Waals surface area contributed by atoms with Gasteiger partial charge in [0.25, 0.3) is 0 Å². The van der Waals surface area contributed by atoms with Gasteiger partial charge in [0.1, 0.15) is 5.75 Å². The topological polar surface area (TPSA) is 79.6 Å². The Hall–Kier alpha value is -2.22. The van der Waals surface area contributed by atoms with E-state index in [1.807, 2.05) is 32.0 Å². The maximum Gasteiger partial charge on any atom is 0.337 e. The van der Waals surface area contributed by atoms with Crippen LogP contribution in [0.5, 0.6) is 5.75 Å². The first-order valence-electron chi connectivity index (χ1n) is 9.55. The predicted octanol–water partition coefficient (Wildman–Crippen LogP) is 4.48. The zero-order chi connectivity index (χ0) is 20.5. The fourth-order valence-corrected chi connectivity index (χ4v) is 3.90. The van der Waals surface area contributed by atoms with E-state index in [4.69, 9.17) is 10.6 Å². The molecule has 2 aromatic carbocycles. The average Bonchev–Trinajstić information content (AvgIpc) is 2.69. The lowest BCUT2D eigenvalue weighted by Crippen LogP contribution is -2.48.